The summed E-state index contributed by atoms with van der Waals surface area (Å²) in [5, 5.41) is 3.53. The van der Waals surface area contributed by atoms with Crippen molar-refractivity contribution in [1.29, 1.82) is 0 Å². The minimum atomic E-state index is 0.428. The van der Waals surface area contributed by atoms with Crippen LogP contribution in [0.3, 0.4) is 0 Å². The zero-order chi connectivity index (χ0) is 12.4. The molecule has 1 N–H and O–H groups in total. The van der Waals surface area contributed by atoms with Crippen molar-refractivity contribution < 1.29 is 4.74 Å². The van der Waals surface area contributed by atoms with Crippen molar-refractivity contribution in [2.45, 2.75) is 32.8 Å². The molecular weight excluding hydrogens is 224 g/mol. The number of hydrogen-bond acceptors (Lipinski definition) is 3. The first-order valence-electron chi connectivity index (χ1n) is 6.97. The molecule has 3 rings (SSSR count). The molecule has 2 atom stereocenters. The van der Waals surface area contributed by atoms with Gasteiger partial charge in [-0.1, -0.05) is 12.5 Å². The molecule has 98 valence electrons. The number of rotatable bonds is 4. The summed E-state index contributed by atoms with van der Waals surface area (Å²) in [5.41, 5.74) is 2.82. The van der Waals surface area contributed by atoms with E-state index in [-0.39, 0.29) is 0 Å². The molecule has 2 aliphatic rings. The normalized spacial score (nSPS) is 30.6. The van der Waals surface area contributed by atoms with Crippen molar-refractivity contribution in [2.24, 2.45) is 11.3 Å². The molecule has 2 fully saturated rings. The predicted molar refractivity (Wildman–Crippen MR) is 71.3 cm³/mol. The van der Waals surface area contributed by atoms with Gasteiger partial charge in [0.2, 0.25) is 0 Å². The highest BCUT2D eigenvalue weighted by atomic mass is 16.5. The number of aromatic nitrogens is 1. The van der Waals surface area contributed by atoms with E-state index >= 15 is 0 Å². The van der Waals surface area contributed by atoms with Crippen LogP contribution >= 0.6 is 0 Å². The minimum Gasteiger partial charge on any atom is -0.376 e. The first kappa shape index (κ1) is 12.1. The summed E-state index contributed by atoms with van der Waals surface area (Å²) in [5.74, 6) is 0.841. The van der Waals surface area contributed by atoms with Crippen LogP contribution in [0.4, 0.5) is 0 Å². The highest BCUT2D eigenvalue weighted by Crippen LogP contribution is 2.45. The van der Waals surface area contributed by atoms with Crippen LogP contribution in [0.5, 0.6) is 0 Å². The molecular formula is C15H22N2O. The number of nitrogens with one attached hydrogen (secondary N) is 1. The van der Waals surface area contributed by atoms with Crippen LogP contribution in [-0.2, 0) is 11.3 Å². The van der Waals surface area contributed by atoms with Crippen LogP contribution in [0, 0.1) is 18.3 Å². The fourth-order valence-electron chi connectivity index (χ4n) is 3.57. The Morgan fingerprint density at radius 2 is 2.44 bits per heavy atom. The highest BCUT2D eigenvalue weighted by Gasteiger charge is 2.46. The van der Waals surface area contributed by atoms with Crippen LogP contribution in [0.25, 0.3) is 0 Å². The monoisotopic (exact) mass is 246 g/mol. The van der Waals surface area contributed by atoms with Gasteiger partial charge in [-0.05, 0) is 43.4 Å². The second-order valence-corrected chi connectivity index (χ2v) is 5.95. The minimum absolute atomic E-state index is 0.428. The molecule has 2 heterocycles. The molecule has 1 saturated heterocycles. The Morgan fingerprint density at radius 1 is 1.50 bits per heavy atom. The number of pyridine rings is 1. The first-order chi connectivity index (χ1) is 8.78. The van der Waals surface area contributed by atoms with Gasteiger partial charge in [0.15, 0.2) is 0 Å². The van der Waals surface area contributed by atoms with Gasteiger partial charge in [0.05, 0.1) is 13.2 Å². The molecule has 0 unspecified atom stereocenters. The van der Waals surface area contributed by atoms with E-state index in [9.17, 15) is 0 Å². The highest BCUT2D eigenvalue weighted by molar-refractivity contribution is 5.15. The smallest absolute Gasteiger partial charge is 0.0732 e. The summed E-state index contributed by atoms with van der Waals surface area (Å²) >= 11 is 0. The molecule has 1 aliphatic heterocycles. The second kappa shape index (κ2) is 4.98. The lowest BCUT2D eigenvalue weighted by molar-refractivity contribution is 0.0308. The quantitative estimate of drug-likeness (QED) is 0.885. The summed E-state index contributed by atoms with van der Waals surface area (Å²) < 4.78 is 5.98. The van der Waals surface area contributed by atoms with E-state index in [1.165, 1.54) is 36.9 Å². The number of aryl methyl sites for hydroxylation is 1. The molecule has 0 spiro atoms. The first-order valence-corrected chi connectivity index (χ1v) is 6.97. The zero-order valence-corrected chi connectivity index (χ0v) is 11.1. The Labute approximate surface area is 109 Å². The lowest BCUT2D eigenvalue weighted by atomic mass is 9.82. The van der Waals surface area contributed by atoms with Crippen molar-refractivity contribution >= 4 is 0 Å². The third kappa shape index (κ3) is 2.29. The average molecular weight is 246 g/mol. The van der Waals surface area contributed by atoms with Crippen molar-refractivity contribution in [1.82, 2.24) is 10.3 Å². The topological polar surface area (TPSA) is 34.1 Å². The van der Waals surface area contributed by atoms with Crippen LogP contribution in [0.15, 0.2) is 18.5 Å². The molecule has 0 amide bonds. The van der Waals surface area contributed by atoms with Gasteiger partial charge in [0.25, 0.3) is 0 Å². The summed E-state index contributed by atoms with van der Waals surface area (Å²) in [4.78, 5) is 4.21. The van der Waals surface area contributed by atoms with E-state index in [0.717, 1.165) is 19.1 Å². The summed E-state index contributed by atoms with van der Waals surface area (Å²) in [6.45, 7) is 6.00. The number of nitrogens with zero attached hydrogens (tertiary/aromatic N) is 1. The third-order valence-corrected chi connectivity index (χ3v) is 4.55. The van der Waals surface area contributed by atoms with Gasteiger partial charge in [-0.15, -0.1) is 0 Å². The molecule has 18 heavy (non-hydrogen) atoms. The Bertz CT molecular complexity index is 409. The van der Waals surface area contributed by atoms with Gasteiger partial charge < -0.3 is 10.1 Å². The van der Waals surface area contributed by atoms with E-state index in [0.29, 0.717) is 12.0 Å². The van der Waals surface area contributed by atoms with Crippen LogP contribution < -0.4 is 5.32 Å². The molecule has 1 aromatic heterocycles. The SMILES string of the molecule is Cc1cncc(COC[C@@]23CCC[C@@H]2CNC3)c1. The van der Waals surface area contributed by atoms with Crippen molar-refractivity contribution in [2.75, 3.05) is 19.7 Å². The predicted octanol–water partition coefficient (Wildman–Crippen LogP) is 2.30. The lowest BCUT2D eigenvalue weighted by Crippen LogP contribution is -2.31. The van der Waals surface area contributed by atoms with E-state index in [2.05, 4.69) is 23.3 Å². The molecule has 3 heteroatoms. The lowest BCUT2D eigenvalue weighted by Gasteiger charge is -2.28. The van der Waals surface area contributed by atoms with E-state index in [4.69, 9.17) is 4.74 Å². The van der Waals surface area contributed by atoms with E-state index in [1.807, 2.05) is 12.4 Å². The third-order valence-electron chi connectivity index (χ3n) is 4.55. The molecule has 0 radical (unpaired) electrons. The maximum atomic E-state index is 5.98. The molecule has 3 nitrogen and oxygen atoms in total. The largest absolute Gasteiger partial charge is 0.376 e. The van der Waals surface area contributed by atoms with Crippen LogP contribution in [-0.4, -0.2) is 24.7 Å². The molecule has 0 bridgehead atoms. The molecule has 1 saturated carbocycles. The Morgan fingerprint density at radius 3 is 3.33 bits per heavy atom. The van der Waals surface area contributed by atoms with Crippen molar-refractivity contribution in [3.8, 4) is 0 Å². The van der Waals surface area contributed by atoms with E-state index in [1.54, 1.807) is 0 Å². The molecule has 0 aromatic carbocycles. The van der Waals surface area contributed by atoms with Crippen LogP contribution in [0.2, 0.25) is 0 Å². The zero-order valence-electron chi connectivity index (χ0n) is 11.1. The summed E-state index contributed by atoms with van der Waals surface area (Å²) in [6, 6.07) is 2.16. The average Bonchev–Trinajstić information content (AvgIpc) is 2.88. The van der Waals surface area contributed by atoms with Gasteiger partial charge in [-0.3, -0.25) is 4.98 Å². The maximum Gasteiger partial charge on any atom is 0.0732 e. The Balaban J connectivity index is 1.55. The fraction of sp³-hybridized carbons (Fsp3) is 0.667. The van der Waals surface area contributed by atoms with Crippen molar-refractivity contribution in [3.05, 3.63) is 29.6 Å². The maximum absolute atomic E-state index is 5.98. The fourth-order valence-corrected chi connectivity index (χ4v) is 3.57. The van der Waals surface area contributed by atoms with Crippen molar-refractivity contribution in [3.63, 3.8) is 0 Å². The number of hydrogen-bond donors (Lipinski definition) is 1. The molecule has 1 aliphatic carbocycles. The van der Waals surface area contributed by atoms with Gasteiger partial charge in [0.1, 0.15) is 0 Å². The summed E-state index contributed by atoms with van der Waals surface area (Å²) in [7, 11) is 0. The van der Waals surface area contributed by atoms with Gasteiger partial charge in [0, 0.05) is 24.4 Å². The number of fused-ring (bicyclic) bond motifs is 1. The van der Waals surface area contributed by atoms with Crippen LogP contribution in [0.1, 0.15) is 30.4 Å². The summed E-state index contributed by atoms with van der Waals surface area (Å²) in [6.07, 6.45) is 7.88. The van der Waals surface area contributed by atoms with Gasteiger partial charge in [-0.2, -0.15) is 0 Å². The number of ether oxygens (including phenoxy) is 1. The van der Waals surface area contributed by atoms with Gasteiger partial charge in [-0.25, -0.2) is 0 Å². The standard InChI is InChI=1S/C15H22N2O/c1-12-5-13(7-16-6-12)9-18-11-15-4-2-3-14(15)8-17-10-15/h5-7,14,17H,2-4,8-11H2,1H3/t14-,15+/m1/s1. The Kier molecular flexibility index (Phi) is 3.35. The van der Waals surface area contributed by atoms with Gasteiger partial charge >= 0.3 is 0 Å². The Hall–Kier alpha value is -0.930. The van der Waals surface area contributed by atoms with E-state index < -0.39 is 0 Å². The molecule has 1 aromatic rings. The second-order valence-electron chi connectivity index (χ2n) is 5.95.